The van der Waals surface area contributed by atoms with Crippen LogP contribution in [0.2, 0.25) is 0 Å². The van der Waals surface area contributed by atoms with Gasteiger partial charge in [-0.2, -0.15) is 0 Å². The minimum absolute atomic E-state index is 0.312. The summed E-state index contributed by atoms with van der Waals surface area (Å²) in [5.41, 5.74) is 3.52. The smallest absolute Gasteiger partial charge is 0.269 e. The maximum Gasteiger partial charge on any atom is 0.269 e. The molecule has 3 heterocycles. The monoisotopic (exact) mass is 368 g/mol. The molecule has 0 bridgehead atoms. The summed E-state index contributed by atoms with van der Waals surface area (Å²) in [5.74, 6) is 1.06. The SMILES string of the molecule is COc1ccc2c(c1)c([C@H]1CCN(C)C1)c1n2S(=O)(=O)c2ccccc2-1. The summed E-state index contributed by atoms with van der Waals surface area (Å²) < 4.78 is 33.5. The number of fused-ring (bicyclic) bond motifs is 5. The van der Waals surface area contributed by atoms with Crippen molar-refractivity contribution < 1.29 is 13.2 Å². The molecule has 5 rings (SSSR count). The molecule has 0 N–H and O–H groups in total. The number of methoxy groups -OCH3 is 1. The molecule has 0 amide bonds. The van der Waals surface area contributed by atoms with Gasteiger partial charge in [0.05, 0.1) is 23.2 Å². The fourth-order valence-electron chi connectivity index (χ4n) is 4.47. The summed E-state index contributed by atoms with van der Waals surface area (Å²) in [7, 11) is 0.183. The van der Waals surface area contributed by atoms with Crippen LogP contribution in [0.15, 0.2) is 47.4 Å². The lowest BCUT2D eigenvalue weighted by Crippen LogP contribution is -2.13. The van der Waals surface area contributed by atoms with Crippen molar-refractivity contribution in [2.24, 2.45) is 0 Å². The number of nitrogens with zero attached hydrogens (tertiary/aromatic N) is 2. The molecule has 6 heteroatoms. The second-order valence-electron chi connectivity index (χ2n) is 7.16. The molecule has 5 nitrogen and oxygen atoms in total. The molecule has 1 atom stereocenters. The third-order valence-corrected chi connectivity index (χ3v) is 7.40. The van der Waals surface area contributed by atoms with Crippen molar-refractivity contribution in [3.8, 4) is 17.0 Å². The summed E-state index contributed by atoms with van der Waals surface area (Å²) in [4.78, 5) is 2.70. The van der Waals surface area contributed by atoms with Crippen LogP contribution in [0.5, 0.6) is 5.75 Å². The quantitative estimate of drug-likeness (QED) is 0.545. The van der Waals surface area contributed by atoms with Crippen LogP contribution in [0.25, 0.3) is 22.2 Å². The third-order valence-electron chi connectivity index (χ3n) is 5.63. The summed E-state index contributed by atoms with van der Waals surface area (Å²) in [6, 6.07) is 13.0. The van der Waals surface area contributed by atoms with E-state index in [2.05, 4.69) is 11.9 Å². The van der Waals surface area contributed by atoms with Crippen LogP contribution >= 0.6 is 0 Å². The first-order valence-corrected chi connectivity index (χ1v) is 10.2. The molecule has 0 unspecified atom stereocenters. The Morgan fingerprint density at radius 1 is 1.15 bits per heavy atom. The van der Waals surface area contributed by atoms with Gasteiger partial charge in [-0.05, 0) is 49.8 Å². The van der Waals surface area contributed by atoms with Crippen LogP contribution < -0.4 is 4.74 Å². The molecule has 1 aromatic heterocycles. The van der Waals surface area contributed by atoms with Gasteiger partial charge in [0.25, 0.3) is 10.0 Å². The van der Waals surface area contributed by atoms with E-state index in [4.69, 9.17) is 4.74 Å². The molecule has 3 aromatic rings. The van der Waals surface area contributed by atoms with Crippen LogP contribution in [0.3, 0.4) is 0 Å². The molecule has 2 aromatic carbocycles. The third kappa shape index (κ3) is 1.97. The Balaban J connectivity index is 1.92. The Hall–Kier alpha value is -2.31. The average molecular weight is 368 g/mol. The van der Waals surface area contributed by atoms with Gasteiger partial charge < -0.3 is 9.64 Å². The molecule has 134 valence electrons. The number of aromatic nitrogens is 1. The topological polar surface area (TPSA) is 51.5 Å². The zero-order chi connectivity index (χ0) is 18.1. The maximum absolute atomic E-state index is 13.3. The number of likely N-dealkylation sites (N-methyl/N-ethyl adjacent to an activating group) is 1. The zero-order valence-electron chi connectivity index (χ0n) is 14.8. The van der Waals surface area contributed by atoms with Crippen molar-refractivity contribution in [3.05, 3.63) is 48.0 Å². The molecular weight excluding hydrogens is 348 g/mol. The second kappa shape index (κ2) is 5.34. The van der Waals surface area contributed by atoms with E-state index in [0.29, 0.717) is 10.8 Å². The highest BCUT2D eigenvalue weighted by Crippen LogP contribution is 2.49. The highest BCUT2D eigenvalue weighted by molar-refractivity contribution is 7.90. The Morgan fingerprint density at radius 2 is 1.96 bits per heavy atom. The maximum atomic E-state index is 13.3. The van der Waals surface area contributed by atoms with Crippen molar-refractivity contribution in [2.75, 3.05) is 27.2 Å². The van der Waals surface area contributed by atoms with Crippen LogP contribution in [0, 0.1) is 0 Å². The minimum atomic E-state index is -3.57. The summed E-state index contributed by atoms with van der Waals surface area (Å²) in [6.45, 7) is 1.96. The van der Waals surface area contributed by atoms with Crippen LogP contribution in [0.4, 0.5) is 0 Å². The molecule has 0 saturated carbocycles. The summed E-state index contributed by atoms with van der Waals surface area (Å²) >= 11 is 0. The normalized spacial score (nSPS) is 21.1. The molecule has 0 aliphatic carbocycles. The fraction of sp³-hybridized carbons (Fsp3) is 0.300. The number of ether oxygens (including phenoxy) is 1. The van der Waals surface area contributed by atoms with Gasteiger partial charge in [-0.25, -0.2) is 12.4 Å². The average Bonchev–Trinajstić information content (AvgIpc) is 3.27. The van der Waals surface area contributed by atoms with E-state index < -0.39 is 10.0 Å². The number of rotatable bonds is 2. The first-order chi connectivity index (χ1) is 12.5. The van der Waals surface area contributed by atoms with E-state index >= 15 is 0 Å². The van der Waals surface area contributed by atoms with Crippen molar-refractivity contribution >= 4 is 20.9 Å². The van der Waals surface area contributed by atoms with Gasteiger partial charge in [-0.3, -0.25) is 0 Å². The Kier molecular flexibility index (Phi) is 3.27. The Morgan fingerprint density at radius 3 is 2.69 bits per heavy atom. The highest BCUT2D eigenvalue weighted by Gasteiger charge is 2.39. The second-order valence-corrected chi connectivity index (χ2v) is 8.91. The van der Waals surface area contributed by atoms with Crippen LogP contribution in [-0.4, -0.2) is 44.5 Å². The van der Waals surface area contributed by atoms with E-state index in [1.807, 2.05) is 30.3 Å². The highest BCUT2D eigenvalue weighted by atomic mass is 32.2. The lowest BCUT2D eigenvalue weighted by atomic mass is 9.92. The molecule has 0 spiro atoms. The number of hydrogen-bond acceptors (Lipinski definition) is 4. The van der Waals surface area contributed by atoms with Gasteiger partial charge in [0.2, 0.25) is 0 Å². The Bertz CT molecular complexity index is 1150. The van der Waals surface area contributed by atoms with Crippen LogP contribution in [0.1, 0.15) is 17.9 Å². The van der Waals surface area contributed by atoms with Crippen molar-refractivity contribution in [2.45, 2.75) is 17.2 Å². The van der Waals surface area contributed by atoms with E-state index in [1.54, 1.807) is 23.2 Å². The minimum Gasteiger partial charge on any atom is -0.497 e. The van der Waals surface area contributed by atoms with E-state index in [0.717, 1.165) is 53.0 Å². The number of hydrogen-bond donors (Lipinski definition) is 0. The largest absolute Gasteiger partial charge is 0.497 e. The lowest BCUT2D eigenvalue weighted by Gasteiger charge is -2.13. The van der Waals surface area contributed by atoms with Gasteiger partial charge in [-0.1, -0.05) is 18.2 Å². The van der Waals surface area contributed by atoms with Gasteiger partial charge in [-0.15, -0.1) is 0 Å². The molecule has 0 radical (unpaired) electrons. The molecular formula is C20H20N2O3S. The van der Waals surface area contributed by atoms with Crippen molar-refractivity contribution in [1.29, 1.82) is 0 Å². The fourth-order valence-corrected chi connectivity index (χ4v) is 6.21. The molecule has 1 saturated heterocycles. The van der Waals surface area contributed by atoms with E-state index in [9.17, 15) is 8.42 Å². The molecule has 26 heavy (non-hydrogen) atoms. The summed E-state index contributed by atoms with van der Waals surface area (Å²) in [5, 5.41) is 0.984. The first-order valence-electron chi connectivity index (χ1n) is 8.78. The van der Waals surface area contributed by atoms with Crippen molar-refractivity contribution in [1.82, 2.24) is 8.87 Å². The predicted molar refractivity (Wildman–Crippen MR) is 101 cm³/mol. The van der Waals surface area contributed by atoms with E-state index in [-0.39, 0.29) is 0 Å². The van der Waals surface area contributed by atoms with Gasteiger partial charge in [0.1, 0.15) is 5.75 Å². The predicted octanol–water partition coefficient (Wildman–Crippen LogP) is 3.29. The summed E-state index contributed by atoms with van der Waals surface area (Å²) in [6.07, 6.45) is 1.03. The van der Waals surface area contributed by atoms with Gasteiger partial charge >= 0.3 is 0 Å². The van der Waals surface area contributed by atoms with E-state index in [1.165, 1.54) is 0 Å². The first kappa shape index (κ1) is 15.9. The zero-order valence-corrected chi connectivity index (χ0v) is 15.6. The van der Waals surface area contributed by atoms with Gasteiger partial charge in [0.15, 0.2) is 0 Å². The lowest BCUT2D eigenvalue weighted by molar-refractivity contribution is 0.411. The molecule has 2 aliphatic heterocycles. The van der Waals surface area contributed by atoms with Crippen LogP contribution in [-0.2, 0) is 10.0 Å². The standard InChI is InChI=1S/C20H20N2O3S/c1-21-10-9-13(12-21)19-16-11-14(25-2)7-8-17(16)22-20(19)15-5-3-4-6-18(15)26(22,23)24/h3-8,11,13H,9-10,12H2,1-2H3/t13-/m0/s1. The van der Waals surface area contributed by atoms with Gasteiger partial charge in [0, 0.05) is 23.4 Å². The number of likely N-dealkylation sites (tertiary alicyclic amines) is 1. The number of benzene rings is 2. The molecule has 1 fully saturated rings. The molecule has 2 aliphatic rings. The van der Waals surface area contributed by atoms with Crippen molar-refractivity contribution in [3.63, 3.8) is 0 Å². The Labute approximate surface area is 152 Å².